The number of hydrogen-bond donors (Lipinski definition) is 1. The zero-order valence-electron chi connectivity index (χ0n) is 16.7. The largest absolute Gasteiger partial charge is 0.322 e. The predicted molar refractivity (Wildman–Crippen MR) is 110 cm³/mol. The Morgan fingerprint density at radius 3 is 2.43 bits per heavy atom. The topological polar surface area (TPSA) is 97.2 Å². The van der Waals surface area contributed by atoms with Crippen molar-refractivity contribution in [3.05, 3.63) is 77.4 Å². The number of nitrogens with zero attached hydrogens (tertiary/aromatic N) is 4. The number of aromatic nitrogens is 3. The molecule has 3 aromatic rings. The van der Waals surface area contributed by atoms with E-state index in [4.69, 9.17) is 0 Å². The van der Waals surface area contributed by atoms with E-state index in [9.17, 15) is 14.4 Å². The molecule has 0 atom stereocenters. The second kappa shape index (κ2) is 7.90. The normalized spacial score (nSPS) is 13.1. The van der Waals surface area contributed by atoms with E-state index in [1.807, 2.05) is 26.0 Å². The maximum atomic E-state index is 12.7. The van der Waals surface area contributed by atoms with Gasteiger partial charge in [-0.25, -0.2) is 9.67 Å². The van der Waals surface area contributed by atoms with Gasteiger partial charge in [-0.3, -0.25) is 19.3 Å². The Balaban J connectivity index is 1.47. The third kappa shape index (κ3) is 3.84. The van der Waals surface area contributed by atoms with Gasteiger partial charge in [0.25, 0.3) is 17.7 Å². The third-order valence-electron chi connectivity index (χ3n) is 4.80. The number of hydrogen-bond acceptors (Lipinski definition) is 5. The predicted octanol–water partition coefficient (Wildman–Crippen LogP) is 2.83. The Morgan fingerprint density at radius 2 is 1.77 bits per heavy atom. The third-order valence-corrected chi connectivity index (χ3v) is 4.80. The van der Waals surface area contributed by atoms with Crippen LogP contribution in [0.2, 0.25) is 0 Å². The molecule has 2 aromatic carbocycles. The molecular formula is C22H21N5O3. The highest BCUT2D eigenvalue weighted by molar-refractivity contribution is 6.22. The number of imide groups is 1. The van der Waals surface area contributed by atoms with E-state index in [1.54, 1.807) is 35.3 Å². The Bertz CT molecular complexity index is 1100. The second-order valence-corrected chi connectivity index (χ2v) is 7.62. The molecule has 3 amide bonds. The summed E-state index contributed by atoms with van der Waals surface area (Å²) in [6, 6.07) is 12.0. The van der Waals surface area contributed by atoms with Crippen LogP contribution in [0.1, 0.15) is 50.5 Å². The molecule has 0 bridgehead atoms. The zero-order chi connectivity index (χ0) is 21.3. The Labute approximate surface area is 173 Å². The van der Waals surface area contributed by atoms with Crippen LogP contribution in [0.3, 0.4) is 0 Å². The summed E-state index contributed by atoms with van der Waals surface area (Å²) in [5.41, 5.74) is 2.59. The van der Waals surface area contributed by atoms with Gasteiger partial charge in [0.05, 0.1) is 17.7 Å². The molecule has 152 valence electrons. The summed E-state index contributed by atoms with van der Waals surface area (Å²) in [6.07, 6.45) is 3.11. The number of carbonyl (C=O) groups excluding carboxylic acids is 3. The van der Waals surface area contributed by atoms with Gasteiger partial charge in [0, 0.05) is 17.8 Å². The lowest BCUT2D eigenvalue weighted by Gasteiger charge is -2.15. The van der Waals surface area contributed by atoms with Crippen LogP contribution < -0.4 is 5.32 Å². The number of nitrogens with one attached hydrogen (secondary N) is 1. The smallest absolute Gasteiger partial charge is 0.261 e. The first-order chi connectivity index (χ1) is 14.4. The fourth-order valence-corrected chi connectivity index (χ4v) is 3.36. The van der Waals surface area contributed by atoms with Gasteiger partial charge in [0.1, 0.15) is 12.7 Å². The average molecular weight is 403 g/mol. The monoisotopic (exact) mass is 403 g/mol. The SMILES string of the molecule is CC(C)CN1C(=O)c2ccc(C(=O)Nc3ccc(Cn4cncn4)cc3)cc2C1=O. The van der Waals surface area contributed by atoms with Crippen LogP contribution in [0.25, 0.3) is 0 Å². The minimum absolute atomic E-state index is 0.169. The van der Waals surface area contributed by atoms with E-state index in [0.717, 1.165) is 5.56 Å². The van der Waals surface area contributed by atoms with Gasteiger partial charge in [-0.15, -0.1) is 0 Å². The first-order valence-electron chi connectivity index (χ1n) is 9.65. The molecule has 0 saturated carbocycles. The maximum absolute atomic E-state index is 12.7. The Hall–Kier alpha value is -3.81. The molecule has 0 spiro atoms. The van der Waals surface area contributed by atoms with Gasteiger partial charge in [0.15, 0.2) is 0 Å². The molecule has 2 heterocycles. The first-order valence-corrected chi connectivity index (χ1v) is 9.65. The summed E-state index contributed by atoms with van der Waals surface area (Å²) in [5.74, 6) is -0.832. The molecule has 4 rings (SSSR count). The molecule has 1 aromatic heterocycles. The van der Waals surface area contributed by atoms with Crippen LogP contribution in [-0.4, -0.2) is 43.9 Å². The van der Waals surface area contributed by atoms with E-state index in [2.05, 4.69) is 15.4 Å². The van der Waals surface area contributed by atoms with Gasteiger partial charge in [-0.2, -0.15) is 5.10 Å². The molecule has 8 heteroatoms. The molecule has 8 nitrogen and oxygen atoms in total. The van der Waals surface area contributed by atoms with Crippen molar-refractivity contribution in [2.24, 2.45) is 5.92 Å². The number of benzene rings is 2. The van der Waals surface area contributed by atoms with Crippen molar-refractivity contribution in [3.63, 3.8) is 0 Å². The van der Waals surface area contributed by atoms with Crippen LogP contribution in [-0.2, 0) is 6.54 Å². The van der Waals surface area contributed by atoms with Gasteiger partial charge < -0.3 is 5.32 Å². The van der Waals surface area contributed by atoms with E-state index < -0.39 is 0 Å². The van der Waals surface area contributed by atoms with Crippen LogP contribution in [0.5, 0.6) is 0 Å². The van der Waals surface area contributed by atoms with Gasteiger partial charge in [-0.1, -0.05) is 26.0 Å². The van der Waals surface area contributed by atoms with E-state index in [-0.39, 0.29) is 29.2 Å². The zero-order valence-corrected chi connectivity index (χ0v) is 16.7. The fraction of sp³-hybridized carbons (Fsp3) is 0.227. The highest BCUT2D eigenvalue weighted by Crippen LogP contribution is 2.25. The van der Waals surface area contributed by atoms with Crippen molar-refractivity contribution in [2.45, 2.75) is 20.4 Å². The van der Waals surface area contributed by atoms with Crippen LogP contribution in [0.15, 0.2) is 55.1 Å². The first kappa shape index (κ1) is 19.5. The van der Waals surface area contributed by atoms with Gasteiger partial charge in [0.2, 0.25) is 0 Å². The van der Waals surface area contributed by atoms with Crippen molar-refractivity contribution in [3.8, 4) is 0 Å². The highest BCUT2D eigenvalue weighted by atomic mass is 16.2. The van der Waals surface area contributed by atoms with Crippen LogP contribution in [0.4, 0.5) is 5.69 Å². The van der Waals surface area contributed by atoms with E-state index >= 15 is 0 Å². The molecule has 0 aliphatic carbocycles. The van der Waals surface area contributed by atoms with Crippen molar-refractivity contribution < 1.29 is 14.4 Å². The van der Waals surface area contributed by atoms with Crippen molar-refractivity contribution in [1.82, 2.24) is 19.7 Å². The van der Waals surface area contributed by atoms with Crippen LogP contribution in [0, 0.1) is 5.92 Å². The molecule has 30 heavy (non-hydrogen) atoms. The molecular weight excluding hydrogens is 382 g/mol. The molecule has 0 saturated heterocycles. The van der Waals surface area contributed by atoms with Crippen molar-refractivity contribution in [2.75, 3.05) is 11.9 Å². The van der Waals surface area contributed by atoms with Crippen LogP contribution >= 0.6 is 0 Å². The summed E-state index contributed by atoms with van der Waals surface area (Å²) in [7, 11) is 0. The van der Waals surface area contributed by atoms with Gasteiger partial charge >= 0.3 is 0 Å². The minimum Gasteiger partial charge on any atom is -0.322 e. The summed E-state index contributed by atoms with van der Waals surface area (Å²) in [4.78, 5) is 42.9. The lowest BCUT2D eigenvalue weighted by molar-refractivity contribution is 0.0636. The molecule has 0 fully saturated rings. The number of anilines is 1. The molecule has 0 unspecified atom stereocenters. The van der Waals surface area contributed by atoms with Crippen molar-refractivity contribution in [1.29, 1.82) is 0 Å². The lowest BCUT2D eigenvalue weighted by Crippen LogP contribution is -2.33. The Kier molecular flexibility index (Phi) is 5.14. The number of rotatable bonds is 6. The summed E-state index contributed by atoms with van der Waals surface area (Å²) in [6.45, 7) is 4.83. The van der Waals surface area contributed by atoms with E-state index in [0.29, 0.717) is 29.9 Å². The van der Waals surface area contributed by atoms with E-state index in [1.165, 1.54) is 17.3 Å². The Morgan fingerprint density at radius 1 is 1.03 bits per heavy atom. The number of fused-ring (bicyclic) bond motifs is 1. The van der Waals surface area contributed by atoms with Crippen molar-refractivity contribution >= 4 is 23.4 Å². The quantitative estimate of drug-likeness (QED) is 0.639. The lowest BCUT2D eigenvalue weighted by atomic mass is 10.1. The summed E-state index contributed by atoms with van der Waals surface area (Å²) >= 11 is 0. The average Bonchev–Trinajstić information content (AvgIpc) is 3.32. The highest BCUT2D eigenvalue weighted by Gasteiger charge is 2.36. The van der Waals surface area contributed by atoms with Gasteiger partial charge in [-0.05, 0) is 41.8 Å². The number of carbonyl (C=O) groups is 3. The summed E-state index contributed by atoms with van der Waals surface area (Å²) in [5, 5.41) is 6.89. The second-order valence-electron chi connectivity index (χ2n) is 7.62. The molecule has 1 aliphatic rings. The summed E-state index contributed by atoms with van der Waals surface area (Å²) < 4.78 is 1.71. The minimum atomic E-state index is -0.351. The standard InChI is InChI=1S/C22H21N5O3/c1-14(2)10-27-21(29)18-8-5-16(9-19(18)22(27)30)20(28)25-17-6-3-15(4-7-17)11-26-13-23-12-24-26/h3-9,12-14H,10-11H2,1-2H3,(H,25,28). The molecule has 0 radical (unpaired) electrons. The molecule has 1 N–H and O–H groups in total. The maximum Gasteiger partial charge on any atom is 0.261 e. The fourth-order valence-electron chi connectivity index (χ4n) is 3.36. The molecule has 1 aliphatic heterocycles. The number of amides is 3.